The molecule has 1 heterocycles. The number of aromatic amines is 1. The van der Waals surface area contributed by atoms with Gasteiger partial charge in [-0.2, -0.15) is 0 Å². The van der Waals surface area contributed by atoms with E-state index in [1.165, 1.54) is 31.7 Å². The number of rotatable bonds is 2. The molecular weight excluding hydrogens is 222 g/mol. The number of fused-ring (bicyclic) bond motifs is 1. The molecule has 3 rings (SSSR count). The zero-order valence-corrected chi connectivity index (χ0v) is 9.47. The van der Waals surface area contributed by atoms with Gasteiger partial charge < -0.3 is 4.98 Å². The predicted molar refractivity (Wildman–Crippen MR) is 61.7 cm³/mol. The first-order valence-electron chi connectivity index (χ1n) is 6.06. The molecule has 4 heteroatoms. The molecule has 0 atom stereocenters. The lowest BCUT2D eigenvalue weighted by molar-refractivity contribution is 0.533. The van der Waals surface area contributed by atoms with Crippen LogP contribution in [0.5, 0.6) is 0 Å². The number of hydrogen-bond donors (Lipinski definition) is 1. The van der Waals surface area contributed by atoms with Crippen molar-refractivity contribution in [3.63, 3.8) is 0 Å². The lowest BCUT2D eigenvalue weighted by atomic mass is 10.0. The predicted octanol–water partition coefficient (Wildman–Crippen LogP) is 3.57. The van der Waals surface area contributed by atoms with Crippen LogP contribution in [0.3, 0.4) is 0 Å². The molecule has 1 fully saturated rings. The Hall–Kier alpha value is -1.45. The zero-order valence-electron chi connectivity index (χ0n) is 9.47. The molecule has 0 radical (unpaired) electrons. The van der Waals surface area contributed by atoms with Gasteiger partial charge in [0, 0.05) is 12.5 Å². The maximum absolute atomic E-state index is 13.5. The highest BCUT2D eigenvalue weighted by atomic mass is 19.1. The average molecular weight is 236 g/mol. The molecule has 2 nitrogen and oxygen atoms in total. The summed E-state index contributed by atoms with van der Waals surface area (Å²) >= 11 is 0. The van der Waals surface area contributed by atoms with Crippen LogP contribution in [0, 0.1) is 17.6 Å². The van der Waals surface area contributed by atoms with Gasteiger partial charge in [-0.15, -0.1) is 0 Å². The molecule has 0 spiro atoms. The van der Waals surface area contributed by atoms with E-state index >= 15 is 0 Å². The monoisotopic (exact) mass is 236 g/mol. The third-order valence-electron chi connectivity index (χ3n) is 3.51. The highest BCUT2D eigenvalue weighted by Crippen LogP contribution is 2.28. The van der Waals surface area contributed by atoms with E-state index < -0.39 is 11.6 Å². The van der Waals surface area contributed by atoms with Crippen LogP contribution < -0.4 is 0 Å². The zero-order chi connectivity index (χ0) is 11.8. The lowest BCUT2D eigenvalue weighted by Gasteiger charge is -2.04. The molecule has 0 amide bonds. The van der Waals surface area contributed by atoms with Crippen LogP contribution in [0.15, 0.2) is 12.1 Å². The van der Waals surface area contributed by atoms with Crippen LogP contribution in [0.2, 0.25) is 0 Å². The van der Waals surface area contributed by atoms with Crippen molar-refractivity contribution in [3.05, 3.63) is 29.6 Å². The van der Waals surface area contributed by atoms with Crippen molar-refractivity contribution in [1.82, 2.24) is 9.97 Å². The molecule has 0 bridgehead atoms. The molecule has 1 aliphatic carbocycles. The van der Waals surface area contributed by atoms with Crippen molar-refractivity contribution in [3.8, 4) is 0 Å². The Morgan fingerprint density at radius 3 is 2.76 bits per heavy atom. The Morgan fingerprint density at radius 2 is 2.00 bits per heavy atom. The number of nitrogens with zero attached hydrogens (tertiary/aromatic N) is 1. The van der Waals surface area contributed by atoms with Gasteiger partial charge in [-0.05, 0) is 12.0 Å². The van der Waals surface area contributed by atoms with Gasteiger partial charge in [-0.1, -0.05) is 25.7 Å². The SMILES string of the molecule is Fc1cc(F)c2nc(CC3CCCC3)[nH]c2c1. The summed E-state index contributed by atoms with van der Waals surface area (Å²) < 4.78 is 26.5. The minimum absolute atomic E-state index is 0.249. The lowest BCUT2D eigenvalue weighted by Crippen LogP contribution is -2.00. The smallest absolute Gasteiger partial charge is 0.153 e. The average Bonchev–Trinajstić information content (AvgIpc) is 2.87. The van der Waals surface area contributed by atoms with E-state index in [0.29, 0.717) is 11.4 Å². The highest BCUT2D eigenvalue weighted by molar-refractivity contribution is 5.75. The summed E-state index contributed by atoms with van der Waals surface area (Å²) in [6, 6.07) is 2.17. The summed E-state index contributed by atoms with van der Waals surface area (Å²) in [5.74, 6) is 0.264. The molecule has 1 aromatic heterocycles. The van der Waals surface area contributed by atoms with Gasteiger partial charge in [-0.3, -0.25) is 0 Å². The molecular formula is C13H14F2N2. The van der Waals surface area contributed by atoms with E-state index in [2.05, 4.69) is 9.97 Å². The van der Waals surface area contributed by atoms with E-state index in [-0.39, 0.29) is 5.52 Å². The summed E-state index contributed by atoms with van der Waals surface area (Å²) in [6.07, 6.45) is 5.82. The number of hydrogen-bond acceptors (Lipinski definition) is 1. The van der Waals surface area contributed by atoms with Crippen molar-refractivity contribution < 1.29 is 8.78 Å². The third-order valence-corrected chi connectivity index (χ3v) is 3.51. The molecule has 17 heavy (non-hydrogen) atoms. The summed E-state index contributed by atoms with van der Waals surface area (Å²) in [5.41, 5.74) is 0.704. The van der Waals surface area contributed by atoms with E-state index in [9.17, 15) is 8.78 Å². The van der Waals surface area contributed by atoms with Gasteiger partial charge in [0.05, 0.1) is 5.52 Å². The first kappa shape index (κ1) is 10.7. The fourth-order valence-corrected chi connectivity index (χ4v) is 2.68. The van der Waals surface area contributed by atoms with Crippen LogP contribution in [0.25, 0.3) is 11.0 Å². The molecule has 0 aliphatic heterocycles. The topological polar surface area (TPSA) is 28.7 Å². The Labute approximate surface area is 98.1 Å². The van der Waals surface area contributed by atoms with Crippen LogP contribution >= 0.6 is 0 Å². The summed E-state index contributed by atoms with van der Waals surface area (Å²) in [4.78, 5) is 7.23. The normalized spacial score (nSPS) is 17.1. The fourth-order valence-electron chi connectivity index (χ4n) is 2.68. The molecule has 90 valence electrons. The molecule has 1 aromatic carbocycles. The molecule has 0 saturated heterocycles. The number of H-pyrrole nitrogens is 1. The van der Waals surface area contributed by atoms with Gasteiger partial charge in [0.25, 0.3) is 0 Å². The second kappa shape index (κ2) is 4.09. The van der Waals surface area contributed by atoms with Gasteiger partial charge >= 0.3 is 0 Å². The first-order valence-corrected chi connectivity index (χ1v) is 6.06. The van der Waals surface area contributed by atoms with Gasteiger partial charge in [0.1, 0.15) is 17.2 Å². The standard InChI is InChI=1S/C13H14F2N2/c14-9-6-10(15)13-11(7-9)16-12(17-13)5-8-3-1-2-4-8/h6-8H,1-5H2,(H,16,17). The summed E-state index contributed by atoms with van der Waals surface area (Å²) in [5, 5.41) is 0. The minimum atomic E-state index is -0.589. The Morgan fingerprint density at radius 1 is 1.24 bits per heavy atom. The van der Waals surface area contributed by atoms with Crippen molar-refractivity contribution >= 4 is 11.0 Å². The maximum Gasteiger partial charge on any atom is 0.153 e. The fraction of sp³-hybridized carbons (Fsp3) is 0.462. The van der Waals surface area contributed by atoms with Crippen LogP contribution in [-0.4, -0.2) is 9.97 Å². The number of benzene rings is 1. The van der Waals surface area contributed by atoms with Crippen LogP contribution in [0.4, 0.5) is 8.78 Å². The molecule has 1 N–H and O–H groups in total. The third kappa shape index (κ3) is 2.04. The quantitative estimate of drug-likeness (QED) is 0.848. The Bertz CT molecular complexity index is 542. The summed E-state index contributed by atoms with van der Waals surface area (Å²) in [6.45, 7) is 0. The Balaban J connectivity index is 1.93. The number of imidazole rings is 1. The molecule has 0 unspecified atom stereocenters. The van der Waals surface area contributed by atoms with Crippen molar-refractivity contribution in [2.45, 2.75) is 32.1 Å². The number of halogens is 2. The van der Waals surface area contributed by atoms with Gasteiger partial charge in [0.2, 0.25) is 0 Å². The van der Waals surface area contributed by atoms with Crippen molar-refractivity contribution in [2.75, 3.05) is 0 Å². The first-order chi connectivity index (χ1) is 8.22. The van der Waals surface area contributed by atoms with E-state index in [0.717, 1.165) is 18.3 Å². The van der Waals surface area contributed by atoms with E-state index in [1.54, 1.807) is 0 Å². The maximum atomic E-state index is 13.5. The van der Waals surface area contributed by atoms with E-state index in [1.807, 2.05) is 0 Å². The second-order valence-corrected chi connectivity index (χ2v) is 4.82. The van der Waals surface area contributed by atoms with Crippen LogP contribution in [0.1, 0.15) is 31.5 Å². The summed E-state index contributed by atoms with van der Waals surface area (Å²) in [7, 11) is 0. The second-order valence-electron chi connectivity index (χ2n) is 4.82. The van der Waals surface area contributed by atoms with Gasteiger partial charge in [-0.25, -0.2) is 13.8 Å². The van der Waals surface area contributed by atoms with Crippen molar-refractivity contribution in [1.29, 1.82) is 0 Å². The Kier molecular flexibility index (Phi) is 2.57. The number of nitrogens with one attached hydrogen (secondary N) is 1. The minimum Gasteiger partial charge on any atom is -0.342 e. The van der Waals surface area contributed by atoms with E-state index in [4.69, 9.17) is 0 Å². The van der Waals surface area contributed by atoms with Crippen LogP contribution in [-0.2, 0) is 6.42 Å². The number of aromatic nitrogens is 2. The highest BCUT2D eigenvalue weighted by Gasteiger charge is 2.18. The molecule has 2 aromatic rings. The largest absolute Gasteiger partial charge is 0.342 e. The van der Waals surface area contributed by atoms with Crippen molar-refractivity contribution in [2.24, 2.45) is 5.92 Å². The molecule has 1 saturated carbocycles. The van der Waals surface area contributed by atoms with Gasteiger partial charge in [0.15, 0.2) is 5.82 Å². The molecule has 1 aliphatic rings.